The second-order valence-electron chi connectivity index (χ2n) is 7.48. The van der Waals surface area contributed by atoms with Crippen molar-refractivity contribution in [3.63, 3.8) is 0 Å². The molecule has 0 spiro atoms. The molecule has 33 heavy (non-hydrogen) atoms. The number of aliphatic carboxylic acids is 2. The molecule has 12 N–H and O–H groups in total. The van der Waals surface area contributed by atoms with Crippen LogP contribution in [-0.2, 0) is 24.0 Å². The van der Waals surface area contributed by atoms with E-state index in [1.807, 2.05) is 0 Å². The SMILES string of the molecule is NCCCCC(NC(=O)C(CCCCN)NC(=O)C(CO)NC(=O)C(N)CC(=O)O)C(=O)O. The maximum Gasteiger partial charge on any atom is 0.326 e. The number of carboxylic acid groups (broad SMARTS) is 2. The molecule has 14 heteroatoms. The second kappa shape index (κ2) is 16.8. The van der Waals surface area contributed by atoms with Crippen LogP contribution in [0.2, 0.25) is 0 Å². The zero-order valence-corrected chi connectivity index (χ0v) is 18.5. The molecule has 190 valence electrons. The lowest BCUT2D eigenvalue weighted by atomic mass is 10.1. The van der Waals surface area contributed by atoms with E-state index in [-0.39, 0.29) is 12.8 Å². The summed E-state index contributed by atoms with van der Waals surface area (Å²) in [6.45, 7) is -0.121. The monoisotopic (exact) mass is 476 g/mol. The van der Waals surface area contributed by atoms with Crippen LogP contribution in [0.4, 0.5) is 0 Å². The summed E-state index contributed by atoms with van der Waals surface area (Å²) in [6.07, 6.45) is 1.65. The average Bonchev–Trinajstić information content (AvgIpc) is 2.75. The normalized spacial score (nSPS) is 14.4. The Hall–Kier alpha value is -2.81. The fraction of sp³-hybridized carbons (Fsp3) is 0.737. The van der Waals surface area contributed by atoms with Gasteiger partial charge in [0.2, 0.25) is 17.7 Å². The molecular weight excluding hydrogens is 440 g/mol. The van der Waals surface area contributed by atoms with Crippen LogP contribution in [0.25, 0.3) is 0 Å². The number of unbranched alkanes of at least 4 members (excludes halogenated alkanes) is 2. The quantitative estimate of drug-likeness (QED) is 0.0879. The Morgan fingerprint density at radius 1 is 0.697 bits per heavy atom. The van der Waals surface area contributed by atoms with E-state index in [0.717, 1.165) is 0 Å². The molecule has 0 fully saturated rings. The first kappa shape index (κ1) is 30.2. The van der Waals surface area contributed by atoms with E-state index in [1.165, 1.54) is 0 Å². The summed E-state index contributed by atoms with van der Waals surface area (Å²) in [5, 5.41) is 34.4. The largest absolute Gasteiger partial charge is 0.481 e. The molecule has 14 nitrogen and oxygen atoms in total. The first-order valence-corrected chi connectivity index (χ1v) is 10.7. The predicted molar refractivity (Wildman–Crippen MR) is 117 cm³/mol. The van der Waals surface area contributed by atoms with Crippen LogP contribution in [0.15, 0.2) is 0 Å². The molecule has 0 rings (SSSR count). The van der Waals surface area contributed by atoms with Gasteiger partial charge in [-0.1, -0.05) is 0 Å². The summed E-state index contributed by atoms with van der Waals surface area (Å²) < 4.78 is 0. The number of carbonyl (C=O) groups is 5. The summed E-state index contributed by atoms with van der Waals surface area (Å²) >= 11 is 0. The molecule has 3 amide bonds. The van der Waals surface area contributed by atoms with Crippen molar-refractivity contribution < 1.29 is 39.3 Å². The van der Waals surface area contributed by atoms with Crippen molar-refractivity contribution in [2.75, 3.05) is 19.7 Å². The lowest BCUT2D eigenvalue weighted by molar-refractivity contribution is -0.142. The van der Waals surface area contributed by atoms with Crippen LogP contribution >= 0.6 is 0 Å². The number of aliphatic hydroxyl groups is 1. The molecule has 0 aliphatic rings. The molecule has 0 aromatic rings. The molecular formula is C19H36N6O8. The highest BCUT2D eigenvalue weighted by molar-refractivity contribution is 5.94. The molecule has 0 saturated heterocycles. The van der Waals surface area contributed by atoms with Gasteiger partial charge in [-0.05, 0) is 51.6 Å². The minimum atomic E-state index is -1.50. The van der Waals surface area contributed by atoms with Gasteiger partial charge in [-0.15, -0.1) is 0 Å². The van der Waals surface area contributed by atoms with Crippen molar-refractivity contribution >= 4 is 29.7 Å². The Labute approximate surface area is 191 Å². The summed E-state index contributed by atoms with van der Waals surface area (Å²) in [4.78, 5) is 59.4. The summed E-state index contributed by atoms with van der Waals surface area (Å²) in [5.74, 6) is -5.19. The first-order valence-electron chi connectivity index (χ1n) is 10.7. The number of nitrogens with two attached hydrogens (primary N) is 3. The molecule has 0 aliphatic heterocycles. The van der Waals surface area contributed by atoms with Crippen molar-refractivity contribution in [1.29, 1.82) is 0 Å². The molecule has 0 aromatic carbocycles. The van der Waals surface area contributed by atoms with E-state index in [4.69, 9.17) is 22.3 Å². The molecule has 0 bridgehead atoms. The number of rotatable bonds is 18. The standard InChI is InChI=1S/C19H36N6O8/c20-7-3-1-5-12(17(30)24-13(19(32)33)6-2-4-8-21)23-18(31)14(10-26)25-16(29)11(22)9-15(27)28/h11-14,26H,1-10,20-22H2,(H,23,31)(H,24,30)(H,25,29)(H,27,28)(H,32,33). The van der Waals surface area contributed by atoms with E-state index in [0.29, 0.717) is 38.8 Å². The van der Waals surface area contributed by atoms with Crippen molar-refractivity contribution in [2.45, 2.75) is 69.1 Å². The van der Waals surface area contributed by atoms with E-state index in [1.54, 1.807) is 0 Å². The number of carbonyl (C=O) groups excluding carboxylic acids is 3. The Bertz CT molecular complexity index is 662. The van der Waals surface area contributed by atoms with Crippen molar-refractivity contribution in [2.24, 2.45) is 17.2 Å². The van der Waals surface area contributed by atoms with E-state index < -0.39 is 66.9 Å². The minimum Gasteiger partial charge on any atom is -0.481 e. The maximum absolute atomic E-state index is 12.7. The number of aliphatic hydroxyl groups excluding tert-OH is 1. The number of amides is 3. The molecule has 0 aromatic heterocycles. The topological polar surface area (TPSA) is 260 Å². The first-order chi connectivity index (χ1) is 15.6. The van der Waals surface area contributed by atoms with Gasteiger partial charge < -0.3 is 48.5 Å². The zero-order valence-electron chi connectivity index (χ0n) is 18.5. The highest BCUT2D eigenvalue weighted by Gasteiger charge is 2.30. The van der Waals surface area contributed by atoms with Crippen LogP contribution in [0.3, 0.4) is 0 Å². The Morgan fingerprint density at radius 3 is 1.61 bits per heavy atom. The summed E-state index contributed by atoms with van der Waals surface area (Å²) in [7, 11) is 0. The van der Waals surface area contributed by atoms with Crippen molar-refractivity contribution in [1.82, 2.24) is 16.0 Å². The minimum absolute atomic E-state index is 0.133. The van der Waals surface area contributed by atoms with Crippen LogP contribution in [0, 0.1) is 0 Å². The lowest BCUT2D eigenvalue weighted by Crippen LogP contribution is -2.58. The van der Waals surface area contributed by atoms with E-state index in [9.17, 15) is 34.2 Å². The fourth-order valence-electron chi connectivity index (χ4n) is 2.81. The van der Waals surface area contributed by atoms with Gasteiger partial charge in [0.25, 0.3) is 0 Å². The van der Waals surface area contributed by atoms with Crippen LogP contribution in [0.5, 0.6) is 0 Å². The second-order valence-corrected chi connectivity index (χ2v) is 7.48. The lowest BCUT2D eigenvalue weighted by Gasteiger charge is -2.24. The average molecular weight is 477 g/mol. The molecule has 0 saturated carbocycles. The fourth-order valence-corrected chi connectivity index (χ4v) is 2.81. The van der Waals surface area contributed by atoms with Gasteiger partial charge in [-0.3, -0.25) is 19.2 Å². The third-order valence-corrected chi connectivity index (χ3v) is 4.69. The van der Waals surface area contributed by atoms with Gasteiger partial charge in [-0.2, -0.15) is 0 Å². The highest BCUT2D eigenvalue weighted by atomic mass is 16.4. The van der Waals surface area contributed by atoms with Gasteiger partial charge in [0, 0.05) is 0 Å². The van der Waals surface area contributed by atoms with Gasteiger partial charge in [0.1, 0.15) is 18.1 Å². The van der Waals surface area contributed by atoms with Crippen LogP contribution < -0.4 is 33.2 Å². The van der Waals surface area contributed by atoms with E-state index in [2.05, 4.69) is 16.0 Å². The maximum atomic E-state index is 12.7. The Kier molecular flexibility index (Phi) is 15.3. The molecule has 0 aliphatic carbocycles. The molecule has 4 unspecified atom stereocenters. The van der Waals surface area contributed by atoms with Crippen LogP contribution in [-0.4, -0.2) is 88.8 Å². The smallest absolute Gasteiger partial charge is 0.326 e. The van der Waals surface area contributed by atoms with Crippen LogP contribution in [0.1, 0.15) is 44.9 Å². The van der Waals surface area contributed by atoms with E-state index >= 15 is 0 Å². The number of hydrogen-bond donors (Lipinski definition) is 9. The number of nitrogens with one attached hydrogen (secondary N) is 3. The zero-order chi connectivity index (χ0) is 25.4. The Balaban J connectivity index is 5.24. The molecule has 4 atom stereocenters. The third-order valence-electron chi connectivity index (χ3n) is 4.69. The van der Waals surface area contributed by atoms with Crippen molar-refractivity contribution in [3.8, 4) is 0 Å². The summed E-state index contributed by atoms with van der Waals surface area (Å²) in [6, 6.07) is -5.28. The molecule has 0 radical (unpaired) electrons. The molecule has 0 heterocycles. The number of hydrogen-bond acceptors (Lipinski definition) is 9. The summed E-state index contributed by atoms with van der Waals surface area (Å²) in [5.41, 5.74) is 16.3. The Morgan fingerprint density at radius 2 is 1.15 bits per heavy atom. The van der Waals surface area contributed by atoms with Gasteiger partial charge in [0.15, 0.2) is 0 Å². The van der Waals surface area contributed by atoms with Gasteiger partial charge >= 0.3 is 11.9 Å². The third kappa shape index (κ3) is 12.7. The van der Waals surface area contributed by atoms with Gasteiger partial charge in [-0.25, -0.2) is 4.79 Å². The van der Waals surface area contributed by atoms with Gasteiger partial charge in [0.05, 0.1) is 19.1 Å². The number of carboxylic acids is 2. The van der Waals surface area contributed by atoms with Crippen molar-refractivity contribution in [3.05, 3.63) is 0 Å². The highest BCUT2D eigenvalue weighted by Crippen LogP contribution is 2.06. The predicted octanol–water partition coefficient (Wildman–Crippen LogP) is -3.42.